The lowest BCUT2D eigenvalue weighted by atomic mass is 9.97. The van der Waals surface area contributed by atoms with Crippen LogP contribution < -0.4 is 5.73 Å². The molecule has 2 aromatic rings. The van der Waals surface area contributed by atoms with Gasteiger partial charge in [0, 0.05) is 9.13 Å². The Morgan fingerprint density at radius 1 is 1.00 bits per heavy atom. The summed E-state index contributed by atoms with van der Waals surface area (Å²) in [6, 6.07) is 6.68. The lowest BCUT2D eigenvalue weighted by molar-refractivity contribution is 0.438. The van der Waals surface area contributed by atoms with Crippen LogP contribution in [0.1, 0.15) is 22.7 Å². The lowest BCUT2D eigenvalue weighted by Crippen LogP contribution is -2.16. The van der Waals surface area contributed by atoms with Crippen molar-refractivity contribution in [3.05, 3.63) is 68.0 Å². The minimum Gasteiger partial charge on any atom is -0.320 e. The van der Waals surface area contributed by atoms with E-state index in [0.29, 0.717) is 5.56 Å². The maximum atomic E-state index is 13.7. The monoisotopic (exact) mass is 377 g/mol. The second-order valence-electron chi connectivity index (χ2n) is 4.22. The SMILES string of the molecule is Cc1cccc(C(N)c2ccc(F)c(F)c2F)c1I. The van der Waals surface area contributed by atoms with Crippen molar-refractivity contribution in [3.8, 4) is 0 Å². The zero-order valence-corrected chi connectivity index (χ0v) is 12.2. The van der Waals surface area contributed by atoms with Gasteiger partial charge in [-0.1, -0.05) is 24.3 Å². The van der Waals surface area contributed by atoms with Gasteiger partial charge < -0.3 is 5.73 Å². The van der Waals surface area contributed by atoms with Crippen molar-refractivity contribution < 1.29 is 13.2 Å². The van der Waals surface area contributed by atoms with Crippen LogP contribution in [0.5, 0.6) is 0 Å². The van der Waals surface area contributed by atoms with E-state index in [0.717, 1.165) is 15.2 Å². The largest absolute Gasteiger partial charge is 0.320 e. The maximum Gasteiger partial charge on any atom is 0.194 e. The van der Waals surface area contributed by atoms with Crippen molar-refractivity contribution in [2.45, 2.75) is 13.0 Å². The predicted octanol–water partition coefficient (Wildman–Crippen LogP) is 4.07. The van der Waals surface area contributed by atoms with Crippen LogP contribution in [0.4, 0.5) is 13.2 Å². The molecule has 0 spiro atoms. The zero-order chi connectivity index (χ0) is 14.2. The second kappa shape index (κ2) is 5.50. The Hall–Kier alpha value is -1.08. The summed E-state index contributed by atoms with van der Waals surface area (Å²) in [6.45, 7) is 1.90. The third-order valence-corrected chi connectivity index (χ3v) is 4.43. The smallest absolute Gasteiger partial charge is 0.194 e. The van der Waals surface area contributed by atoms with E-state index in [-0.39, 0.29) is 5.56 Å². The van der Waals surface area contributed by atoms with Crippen molar-refractivity contribution >= 4 is 22.6 Å². The fourth-order valence-electron chi connectivity index (χ4n) is 1.86. The first-order valence-electron chi connectivity index (χ1n) is 5.57. The van der Waals surface area contributed by atoms with Gasteiger partial charge in [-0.05, 0) is 46.7 Å². The minimum absolute atomic E-state index is 0.0533. The molecule has 1 atom stereocenters. The summed E-state index contributed by atoms with van der Waals surface area (Å²) in [5, 5.41) is 0. The number of benzene rings is 2. The molecule has 0 saturated heterocycles. The van der Waals surface area contributed by atoms with Crippen LogP contribution in [0.15, 0.2) is 30.3 Å². The first-order valence-corrected chi connectivity index (χ1v) is 6.65. The van der Waals surface area contributed by atoms with Gasteiger partial charge in [-0.15, -0.1) is 0 Å². The molecule has 0 radical (unpaired) electrons. The van der Waals surface area contributed by atoms with Crippen molar-refractivity contribution in [1.82, 2.24) is 0 Å². The van der Waals surface area contributed by atoms with E-state index in [1.54, 1.807) is 12.1 Å². The molecule has 0 heterocycles. The molecule has 2 rings (SSSR count). The van der Waals surface area contributed by atoms with Crippen LogP contribution in [0.3, 0.4) is 0 Å². The normalized spacial score (nSPS) is 12.5. The van der Waals surface area contributed by atoms with E-state index in [4.69, 9.17) is 5.73 Å². The lowest BCUT2D eigenvalue weighted by Gasteiger charge is -2.16. The highest BCUT2D eigenvalue weighted by Crippen LogP contribution is 2.29. The standard InChI is InChI=1S/C14H11F3IN/c1-7-3-2-4-9(13(7)18)14(19)8-5-6-10(15)12(17)11(8)16/h2-6,14H,19H2,1H3. The highest BCUT2D eigenvalue weighted by atomic mass is 127. The molecule has 0 aliphatic rings. The molecule has 0 saturated carbocycles. The zero-order valence-electron chi connectivity index (χ0n) is 10.1. The first kappa shape index (κ1) is 14.3. The third-order valence-electron chi connectivity index (χ3n) is 2.96. The molecule has 19 heavy (non-hydrogen) atoms. The van der Waals surface area contributed by atoms with Crippen LogP contribution in [0.25, 0.3) is 0 Å². The molecular formula is C14H11F3IN. The third kappa shape index (κ3) is 2.62. The highest BCUT2D eigenvalue weighted by Gasteiger charge is 2.21. The summed E-state index contributed by atoms with van der Waals surface area (Å²) < 4.78 is 40.8. The Morgan fingerprint density at radius 3 is 2.37 bits per heavy atom. The summed E-state index contributed by atoms with van der Waals surface area (Å²) in [4.78, 5) is 0. The highest BCUT2D eigenvalue weighted by molar-refractivity contribution is 14.1. The van der Waals surface area contributed by atoms with Crippen LogP contribution in [-0.4, -0.2) is 0 Å². The van der Waals surface area contributed by atoms with Crippen LogP contribution in [-0.2, 0) is 0 Å². The number of hydrogen-bond acceptors (Lipinski definition) is 1. The summed E-state index contributed by atoms with van der Waals surface area (Å²) in [6.07, 6.45) is 0. The molecule has 0 aromatic heterocycles. The number of aryl methyl sites for hydroxylation is 1. The predicted molar refractivity (Wildman–Crippen MR) is 76.2 cm³/mol. The van der Waals surface area contributed by atoms with Gasteiger partial charge in [0.15, 0.2) is 17.5 Å². The molecule has 2 aromatic carbocycles. The number of nitrogens with two attached hydrogens (primary N) is 1. The van der Waals surface area contributed by atoms with Crippen LogP contribution in [0.2, 0.25) is 0 Å². The Balaban J connectivity index is 2.53. The average Bonchev–Trinajstić information content (AvgIpc) is 2.39. The van der Waals surface area contributed by atoms with E-state index in [2.05, 4.69) is 22.6 Å². The molecule has 1 unspecified atom stereocenters. The van der Waals surface area contributed by atoms with Gasteiger partial charge in [-0.25, -0.2) is 13.2 Å². The van der Waals surface area contributed by atoms with Gasteiger partial charge in [0.05, 0.1) is 6.04 Å². The summed E-state index contributed by atoms with van der Waals surface area (Å²) in [5.41, 5.74) is 7.60. The van der Waals surface area contributed by atoms with Crippen LogP contribution >= 0.6 is 22.6 Å². The summed E-state index contributed by atoms with van der Waals surface area (Å²) in [7, 11) is 0. The van der Waals surface area contributed by atoms with E-state index < -0.39 is 23.5 Å². The Kier molecular flexibility index (Phi) is 4.15. The van der Waals surface area contributed by atoms with E-state index in [1.165, 1.54) is 6.07 Å². The van der Waals surface area contributed by atoms with E-state index >= 15 is 0 Å². The van der Waals surface area contributed by atoms with Crippen molar-refractivity contribution in [2.24, 2.45) is 5.73 Å². The average molecular weight is 377 g/mol. The molecule has 1 nitrogen and oxygen atoms in total. The van der Waals surface area contributed by atoms with Gasteiger partial charge in [0.25, 0.3) is 0 Å². The Morgan fingerprint density at radius 2 is 1.68 bits per heavy atom. The van der Waals surface area contributed by atoms with E-state index in [9.17, 15) is 13.2 Å². The minimum atomic E-state index is -1.49. The topological polar surface area (TPSA) is 26.0 Å². The molecule has 0 amide bonds. The van der Waals surface area contributed by atoms with Crippen molar-refractivity contribution in [3.63, 3.8) is 0 Å². The quantitative estimate of drug-likeness (QED) is 0.620. The molecule has 5 heteroatoms. The fourth-order valence-corrected chi connectivity index (χ4v) is 2.55. The van der Waals surface area contributed by atoms with E-state index in [1.807, 2.05) is 13.0 Å². The van der Waals surface area contributed by atoms with Gasteiger partial charge >= 0.3 is 0 Å². The summed E-state index contributed by atoms with van der Waals surface area (Å²) in [5.74, 6) is -3.94. The molecule has 0 aliphatic carbocycles. The Labute approximate surface area is 122 Å². The van der Waals surface area contributed by atoms with Gasteiger partial charge in [0.2, 0.25) is 0 Å². The molecule has 2 N–H and O–H groups in total. The second-order valence-corrected chi connectivity index (χ2v) is 5.30. The number of rotatable bonds is 2. The molecule has 0 aliphatic heterocycles. The molecular weight excluding hydrogens is 366 g/mol. The van der Waals surface area contributed by atoms with Gasteiger partial charge in [-0.2, -0.15) is 0 Å². The number of hydrogen-bond donors (Lipinski definition) is 1. The van der Waals surface area contributed by atoms with Crippen molar-refractivity contribution in [2.75, 3.05) is 0 Å². The molecule has 0 fully saturated rings. The molecule has 0 bridgehead atoms. The number of halogens is 4. The summed E-state index contributed by atoms with van der Waals surface area (Å²) >= 11 is 2.10. The van der Waals surface area contributed by atoms with Gasteiger partial charge in [-0.3, -0.25) is 0 Å². The fraction of sp³-hybridized carbons (Fsp3) is 0.143. The first-order chi connectivity index (χ1) is 8.93. The van der Waals surface area contributed by atoms with Crippen LogP contribution in [0, 0.1) is 27.9 Å². The Bertz CT molecular complexity index is 628. The molecule has 100 valence electrons. The maximum absolute atomic E-state index is 13.7. The van der Waals surface area contributed by atoms with Crippen molar-refractivity contribution in [1.29, 1.82) is 0 Å². The van der Waals surface area contributed by atoms with Gasteiger partial charge in [0.1, 0.15) is 0 Å².